The molecule has 1 saturated carbocycles. The maximum absolute atomic E-state index is 11.6. The highest BCUT2D eigenvalue weighted by Gasteiger charge is 2.40. The molecule has 2 aliphatic rings. The normalized spacial score (nSPS) is 25.6. The summed E-state index contributed by atoms with van der Waals surface area (Å²) in [6, 6.07) is 2.15. The smallest absolute Gasteiger partial charge is 0.226 e. The van der Waals surface area contributed by atoms with Gasteiger partial charge in [-0.15, -0.1) is 0 Å². The first-order valence-electron chi connectivity index (χ1n) is 7.67. The van der Waals surface area contributed by atoms with Crippen LogP contribution in [0.15, 0.2) is 12.3 Å². The van der Waals surface area contributed by atoms with Gasteiger partial charge < -0.3 is 15.4 Å². The Labute approximate surface area is 124 Å². The molecular weight excluding hydrogens is 268 g/mol. The quantitative estimate of drug-likeness (QED) is 0.863. The van der Waals surface area contributed by atoms with Gasteiger partial charge >= 0.3 is 0 Å². The van der Waals surface area contributed by atoms with E-state index in [0.29, 0.717) is 24.2 Å². The van der Waals surface area contributed by atoms with Gasteiger partial charge in [0.1, 0.15) is 0 Å². The standard InChI is InChI=1S/C15H22N4O2/c1-9(2)21-13-7-8-16-15(19-13)17-11-5-6-12(20)18-14(11)10-3-4-10/h7-11,14H,3-6H2,1-2H3,(H,18,20)(H,16,17,19)/t11-,14+/m1/s1. The van der Waals surface area contributed by atoms with Crippen LogP contribution in [0.4, 0.5) is 5.95 Å². The van der Waals surface area contributed by atoms with Gasteiger partial charge in [-0.25, -0.2) is 4.98 Å². The Morgan fingerprint density at radius 1 is 1.38 bits per heavy atom. The van der Waals surface area contributed by atoms with Crippen LogP contribution >= 0.6 is 0 Å². The van der Waals surface area contributed by atoms with Crippen LogP contribution in [0.25, 0.3) is 0 Å². The highest BCUT2D eigenvalue weighted by Crippen LogP contribution is 2.36. The summed E-state index contributed by atoms with van der Waals surface area (Å²) in [6.45, 7) is 3.93. The fourth-order valence-electron chi connectivity index (χ4n) is 2.77. The lowest BCUT2D eigenvalue weighted by Crippen LogP contribution is -2.52. The van der Waals surface area contributed by atoms with Gasteiger partial charge in [0, 0.05) is 18.7 Å². The van der Waals surface area contributed by atoms with E-state index in [1.165, 1.54) is 12.8 Å². The minimum Gasteiger partial charge on any atom is -0.475 e. The van der Waals surface area contributed by atoms with Crippen LogP contribution in [0.1, 0.15) is 39.5 Å². The van der Waals surface area contributed by atoms with E-state index in [1.54, 1.807) is 12.3 Å². The molecule has 1 saturated heterocycles. The summed E-state index contributed by atoms with van der Waals surface area (Å²) in [5.41, 5.74) is 0. The second kappa shape index (κ2) is 5.87. The van der Waals surface area contributed by atoms with E-state index in [9.17, 15) is 4.79 Å². The largest absolute Gasteiger partial charge is 0.475 e. The highest BCUT2D eigenvalue weighted by molar-refractivity contribution is 5.77. The predicted octanol–water partition coefficient (Wildman–Crippen LogP) is 1.73. The molecule has 2 N–H and O–H groups in total. The van der Waals surface area contributed by atoms with Crippen LogP contribution in [-0.4, -0.2) is 34.1 Å². The van der Waals surface area contributed by atoms with Crippen molar-refractivity contribution in [1.82, 2.24) is 15.3 Å². The fraction of sp³-hybridized carbons (Fsp3) is 0.667. The first-order chi connectivity index (χ1) is 10.1. The van der Waals surface area contributed by atoms with Gasteiger partial charge in [0.25, 0.3) is 0 Å². The van der Waals surface area contributed by atoms with E-state index in [-0.39, 0.29) is 24.1 Å². The third-order valence-corrected chi connectivity index (χ3v) is 3.87. The van der Waals surface area contributed by atoms with Crippen molar-refractivity contribution in [3.05, 3.63) is 12.3 Å². The zero-order chi connectivity index (χ0) is 14.8. The predicted molar refractivity (Wildman–Crippen MR) is 79.1 cm³/mol. The summed E-state index contributed by atoms with van der Waals surface area (Å²) in [4.78, 5) is 20.2. The first kappa shape index (κ1) is 14.1. The number of carbonyl (C=O) groups is 1. The topological polar surface area (TPSA) is 76.1 Å². The van der Waals surface area contributed by atoms with Crippen LogP contribution in [0, 0.1) is 5.92 Å². The molecule has 2 fully saturated rings. The average Bonchev–Trinajstić information content (AvgIpc) is 3.25. The Hall–Kier alpha value is -1.85. The van der Waals surface area contributed by atoms with Crippen molar-refractivity contribution in [2.75, 3.05) is 5.32 Å². The Kier molecular flexibility index (Phi) is 3.94. The molecule has 2 heterocycles. The summed E-state index contributed by atoms with van der Waals surface area (Å²) in [5.74, 6) is 1.90. The van der Waals surface area contributed by atoms with Gasteiger partial charge in [0.05, 0.1) is 18.2 Å². The van der Waals surface area contributed by atoms with Gasteiger partial charge in [-0.3, -0.25) is 4.79 Å². The van der Waals surface area contributed by atoms with Crippen LogP contribution in [0.2, 0.25) is 0 Å². The second-order valence-corrected chi connectivity index (χ2v) is 6.11. The molecule has 0 aromatic carbocycles. The Balaban J connectivity index is 1.68. The van der Waals surface area contributed by atoms with Gasteiger partial charge in [-0.05, 0) is 39.0 Å². The fourth-order valence-corrected chi connectivity index (χ4v) is 2.77. The van der Waals surface area contributed by atoms with E-state index in [1.807, 2.05) is 13.8 Å². The third kappa shape index (κ3) is 3.62. The molecule has 0 spiro atoms. The third-order valence-electron chi connectivity index (χ3n) is 3.87. The SMILES string of the molecule is CC(C)Oc1ccnc(N[C@@H]2CCC(=O)N[C@H]2C2CC2)n1. The van der Waals surface area contributed by atoms with Crippen molar-refractivity contribution < 1.29 is 9.53 Å². The van der Waals surface area contributed by atoms with E-state index in [0.717, 1.165) is 6.42 Å². The highest BCUT2D eigenvalue weighted by atomic mass is 16.5. The van der Waals surface area contributed by atoms with Crippen molar-refractivity contribution in [3.8, 4) is 5.88 Å². The molecule has 1 aliphatic carbocycles. The molecule has 6 heteroatoms. The van der Waals surface area contributed by atoms with Crippen molar-refractivity contribution in [3.63, 3.8) is 0 Å². The van der Waals surface area contributed by atoms with Crippen LogP contribution < -0.4 is 15.4 Å². The average molecular weight is 290 g/mol. The molecule has 21 heavy (non-hydrogen) atoms. The number of hydrogen-bond donors (Lipinski definition) is 2. The number of rotatable bonds is 5. The molecule has 0 radical (unpaired) electrons. The lowest BCUT2D eigenvalue weighted by Gasteiger charge is -2.33. The van der Waals surface area contributed by atoms with Crippen molar-refractivity contribution in [1.29, 1.82) is 0 Å². The van der Waals surface area contributed by atoms with E-state index in [2.05, 4.69) is 20.6 Å². The van der Waals surface area contributed by atoms with Crippen molar-refractivity contribution >= 4 is 11.9 Å². The maximum Gasteiger partial charge on any atom is 0.226 e. The second-order valence-electron chi connectivity index (χ2n) is 6.11. The number of nitrogens with one attached hydrogen (secondary N) is 2. The van der Waals surface area contributed by atoms with E-state index < -0.39 is 0 Å². The molecule has 0 bridgehead atoms. The molecule has 1 aromatic rings. The van der Waals surface area contributed by atoms with E-state index in [4.69, 9.17) is 4.74 Å². The van der Waals surface area contributed by atoms with Gasteiger partial charge in [0.2, 0.25) is 17.7 Å². The summed E-state index contributed by atoms with van der Waals surface area (Å²) >= 11 is 0. The van der Waals surface area contributed by atoms with Crippen LogP contribution in [0.5, 0.6) is 5.88 Å². The molecule has 0 unspecified atom stereocenters. The molecular formula is C15H22N4O2. The van der Waals surface area contributed by atoms with E-state index >= 15 is 0 Å². The molecule has 3 rings (SSSR count). The molecule has 2 atom stereocenters. The Morgan fingerprint density at radius 3 is 2.90 bits per heavy atom. The lowest BCUT2D eigenvalue weighted by molar-refractivity contribution is -0.123. The van der Waals surface area contributed by atoms with Gasteiger partial charge in [0.15, 0.2) is 0 Å². The zero-order valence-electron chi connectivity index (χ0n) is 12.5. The lowest BCUT2D eigenvalue weighted by atomic mass is 9.94. The zero-order valence-corrected chi connectivity index (χ0v) is 12.5. The number of aromatic nitrogens is 2. The van der Waals surface area contributed by atoms with Gasteiger partial charge in [-0.2, -0.15) is 4.98 Å². The Morgan fingerprint density at radius 2 is 2.19 bits per heavy atom. The van der Waals surface area contributed by atoms with Crippen molar-refractivity contribution in [2.45, 2.75) is 57.7 Å². The molecule has 1 aromatic heterocycles. The summed E-state index contributed by atoms with van der Waals surface area (Å²) in [5, 5.41) is 6.48. The molecule has 1 amide bonds. The number of amides is 1. The molecule has 114 valence electrons. The monoisotopic (exact) mass is 290 g/mol. The minimum absolute atomic E-state index is 0.0842. The number of anilines is 1. The maximum atomic E-state index is 11.6. The number of piperidine rings is 1. The number of nitrogens with zero attached hydrogens (tertiary/aromatic N) is 2. The first-order valence-corrected chi connectivity index (χ1v) is 7.67. The number of hydrogen-bond acceptors (Lipinski definition) is 5. The summed E-state index contributed by atoms with van der Waals surface area (Å²) in [6.07, 6.45) is 5.55. The van der Waals surface area contributed by atoms with Crippen molar-refractivity contribution in [2.24, 2.45) is 5.92 Å². The van der Waals surface area contributed by atoms with Gasteiger partial charge in [-0.1, -0.05) is 0 Å². The summed E-state index contributed by atoms with van der Waals surface area (Å²) < 4.78 is 5.59. The summed E-state index contributed by atoms with van der Waals surface area (Å²) in [7, 11) is 0. The molecule has 6 nitrogen and oxygen atoms in total. The number of carbonyl (C=O) groups excluding carboxylic acids is 1. The van der Waals surface area contributed by atoms with Crippen LogP contribution in [0.3, 0.4) is 0 Å². The van der Waals surface area contributed by atoms with Crippen LogP contribution in [-0.2, 0) is 4.79 Å². The Bertz CT molecular complexity index is 516. The minimum atomic E-state index is 0.0842. The molecule has 1 aliphatic heterocycles. The number of ether oxygens (including phenoxy) is 1.